The van der Waals surface area contributed by atoms with Crippen molar-refractivity contribution in [3.63, 3.8) is 0 Å². The van der Waals surface area contributed by atoms with E-state index in [2.05, 4.69) is 5.32 Å². The highest BCUT2D eigenvalue weighted by molar-refractivity contribution is 5.90. The fourth-order valence-electron chi connectivity index (χ4n) is 2.53. The molecular weight excluding hydrogens is 328 g/mol. The number of carbonyl (C=O) groups excluding carboxylic acids is 3. The number of nitrogens with one attached hydrogen (secondary N) is 1. The van der Waals surface area contributed by atoms with Gasteiger partial charge in [-0.3, -0.25) is 9.69 Å². The number of amides is 2. The molecule has 1 N–H and O–H groups in total. The molecule has 0 aromatic carbocycles. The number of esters is 1. The van der Waals surface area contributed by atoms with Gasteiger partial charge in [0.1, 0.15) is 23.4 Å². The maximum atomic E-state index is 12.7. The third-order valence-corrected chi connectivity index (χ3v) is 3.80. The van der Waals surface area contributed by atoms with E-state index in [1.807, 2.05) is 0 Å². The fraction of sp³-hybridized carbons (Fsp3) is 0.824. The van der Waals surface area contributed by atoms with Crippen LogP contribution in [0.3, 0.4) is 0 Å². The first-order chi connectivity index (χ1) is 11.3. The molecule has 1 fully saturated rings. The van der Waals surface area contributed by atoms with Gasteiger partial charge in [0, 0.05) is 0 Å². The van der Waals surface area contributed by atoms with Crippen molar-refractivity contribution < 1.29 is 28.6 Å². The van der Waals surface area contributed by atoms with Gasteiger partial charge in [-0.25, -0.2) is 9.59 Å². The standard InChI is InChI=1S/C17H30N2O6/c1-10(2)12(14(21)23-8)18-13(20)11-9-24-17(6,7)19(11)15(22)25-16(3,4)5/h10-12H,9H2,1-8H3,(H,18,20)/t11-,12-/m0/s1. The molecule has 8 heteroatoms. The number of nitrogens with zero attached hydrogens (tertiary/aromatic N) is 1. The molecule has 0 unspecified atom stereocenters. The summed E-state index contributed by atoms with van der Waals surface area (Å²) in [6, 6.07) is -1.70. The monoisotopic (exact) mass is 358 g/mol. The largest absolute Gasteiger partial charge is 0.467 e. The molecule has 1 saturated heterocycles. The molecule has 0 bridgehead atoms. The second-order valence-electron chi connectivity index (χ2n) is 7.88. The van der Waals surface area contributed by atoms with Crippen molar-refractivity contribution >= 4 is 18.0 Å². The molecule has 8 nitrogen and oxygen atoms in total. The molecule has 1 rings (SSSR count). The minimum absolute atomic E-state index is 0.0179. The highest BCUT2D eigenvalue weighted by Crippen LogP contribution is 2.29. The topological polar surface area (TPSA) is 94.2 Å². The Labute approximate surface area is 149 Å². The van der Waals surface area contributed by atoms with Gasteiger partial charge in [-0.2, -0.15) is 0 Å². The lowest BCUT2D eigenvalue weighted by molar-refractivity contribution is -0.147. The molecule has 144 valence electrons. The molecule has 25 heavy (non-hydrogen) atoms. The summed E-state index contributed by atoms with van der Waals surface area (Å²) >= 11 is 0. The van der Waals surface area contributed by atoms with Crippen LogP contribution in [0.4, 0.5) is 4.79 Å². The Bertz CT molecular complexity index is 524. The van der Waals surface area contributed by atoms with Gasteiger partial charge >= 0.3 is 12.1 Å². The zero-order valence-corrected chi connectivity index (χ0v) is 16.3. The highest BCUT2D eigenvalue weighted by atomic mass is 16.6. The molecule has 0 aromatic rings. The van der Waals surface area contributed by atoms with E-state index in [-0.39, 0.29) is 12.5 Å². The zero-order valence-electron chi connectivity index (χ0n) is 16.3. The lowest BCUT2D eigenvalue weighted by Crippen LogP contribution is -2.57. The van der Waals surface area contributed by atoms with Gasteiger partial charge < -0.3 is 19.5 Å². The third kappa shape index (κ3) is 5.32. The lowest BCUT2D eigenvalue weighted by Gasteiger charge is -2.35. The number of hydrogen-bond acceptors (Lipinski definition) is 6. The second-order valence-corrected chi connectivity index (χ2v) is 7.88. The van der Waals surface area contributed by atoms with Crippen LogP contribution in [0.2, 0.25) is 0 Å². The zero-order chi connectivity index (χ0) is 19.6. The number of rotatable bonds is 4. The maximum Gasteiger partial charge on any atom is 0.413 e. The van der Waals surface area contributed by atoms with Crippen molar-refractivity contribution in [1.82, 2.24) is 10.2 Å². The van der Waals surface area contributed by atoms with Crippen LogP contribution in [0.25, 0.3) is 0 Å². The van der Waals surface area contributed by atoms with E-state index in [1.54, 1.807) is 48.5 Å². The first kappa shape index (κ1) is 21.2. The Balaban J connectivity index is 2.99. The number of methoxy groups -OCH3 is 1. The molecule has 0 aromatic heterocycles. The van der Waals surface area contributed by atoms with Crippen LogP contribution in [0.15, 0.2) is 0 Å². The van der Waals surface area contributed by atoms with Crippen molar-refractivity contribution in [2.45, 2.75) is 71.9 Å². The average molecular weight is 358 g/mol. The lowest BCUT2D eigenvalue weighted by atomic mass is 10.0. The van der Waals surface area contributed by atoms with Crippen molar-refractivity contribution in [2.75, 3.05) is 13.7 Å². The second kappa shape index (κ2) is 7.59. The molecule has 1 heterocycles. The minimum atomic E-state index is -0.997. The van der Waals surface area contributed by atoms with Crippen molar-refractivity contribution in [3.8, 4) is 0 Å². The van der Waals surface area contributed by atoms with Crippen LogP contribution in [0, 0.1) is 5.92 Å². The summed E-state index contributed by atoms with van der Waals surface area (Å²) in [6.45, 7) is 12.2. The van der Waals surface area contributed by atoms with Crippen LogP contribution in [0.5, 0.6) is 0 Å². The molecule has 0 radical (unpaired) electrons. The van der Waals surface area contributed by atoms with Gasteiger partial charge in [0.05, 0.1) is 13.7 Å². The SMILES string of the molecule is COC(=O)[C@@H](NC(=O)[C@@H]1COC(C)(C)N1C(=O)OC(C)(C)C)C(C)C. The van der Waals surface area contributed by atoms with E-state index >= 15 is 0 Å². The van der Waals surface area contributed by atoms with Gasteiger partial charge in [0.15, 0.2) is 0 Å². The Kier molecular flexibility index (Phi) is 6.44. The number of carbonyl (C=O) groups is 3. The molecule has 0 aliphatic carbocycles. The molecule has 0 spiro atoms. The van der Waals surface area contributed by atoms with E-state index < -0.39 is 41.4 Å². The molecule has 2 atom stereocenters. The van der Waals surface area contributed by atoms with Gasteiger partial charge in [-0.1, -0.05) is 13.8 Å². The Hall–Kier alpha value is -1.83. The van der Waals surface area contributed by atoms with Gasteiger partial charge in [0.25, 0.3) is 0 Å². The van der Waals surface area contributed by atoms with E-state index in [9.17, 15) is 14.4 Å². The van der Waals surface area contributed by atoms with Crippen LogP contribution in [-0.4, -0.2) is 60.0 Å². The van der Waals surface area contributed by atoms with Gasteiger partial charge in [-0.05, 0) is 40.5 Å². The molecular formula is C17H30N2O6. The molecule has 2 amide bonds. The Morgan fingerprint density at radius 2 is 1.80 bits per heavy atom. The summed E-state index contributed by atoms with van der Waals surface area (Å²) in [4.78, 5) is 38.4. The number of hydrogen-bond donors (Lipinski definition) is 1. The van der Waals surface area contributed by atoms with Crippen molar-refractivity contribution in [3.05, 3.63) is 0 Å². The molecule has 0 saturated carbocycles. The Morgan fingerprint density at radius 3 is 2.24 bits per heavy atom. The van der Waals surface area contributed by atoms with E-state index in [0.29, 0.717) is 0 Å². The third-order valence-electron chi connectivity index (χ3n) is 3.80. The quantitative estimate of drug-likeness (QED) is 0.768. The van der Waals surface area contributed by atoms with Gasteiger partial charge in [-0.15, -0.1) is 0 Å². The molecule has 1 aliphatic rings. The molecule has 1 aliphatic heterocycles. The van der Waals surface area contributed by atoms with Crippen LogP contribution < -0.4 is 5.32 Å². The van der Waals surface area contributed by atoms with Gasteiger partial charge in [0.2, 0.25) is 5.91 Å². The fourth-order valence-corrected chi connectivity index (χ4v) is 2.53. The summed E-state index contributed by atoms with van der Waals surface area (Å²) in [7, 11) is 1.26. The summed E-state index contributed by atoms with van der Waals surface area (Å²) < 4.78 is 15.7. The minimum Gasteiger partial charge on any atom is -0.467 e. The Morgan fingerprint density at radius 1 is 1.24 bits per heavy atom. The van der Waals surface area contributed by atoms with Crippen molar-refractivity contribution in [1.29, 1.82) is 0 Å². The first-order valence-corrected chi connectivity index (χ1v) is 8.34. The van der Waals surface area contributed by atoms with Crippen molar-refractivity contribution in [2.24, 2.45) is 5.92 Å². The van der Waals surface area contributed by atoms with Crippen LogP contribution in [0.1, 0.15) is 48.5 Å². The van der Waals surface area contributed by atoms with E-state index in [0.717, 1.165) is 0 Å². The van der Waals surface area contributed by atoms with Crippen LogP contribution >= 0.6 is 0 Å². The van der Waals surface area contributed by atoms with Crippen LogP contribution in [-0.2, 0) is 23.8 Å². The summed E-state index contributed by atoms with van der Waals surface area (Å²) in [5.41, 5.74) is -1.70. The normalized spacial score (nSPS) is 21.0. The summed E-state index contributed by atoms with van der Waals surface area (Å²) in [5, 5.41) is 2.65. The van der Waals surface area contributed by atoms with E-state index in [1.165, 1.54) is 12.0 Å². The summed E-state index contributed by atoms with van der Waals surface area (Å²) in [5.74, 6) is -1.19. The average Bonchev–Trinajstić information content (AvgIpc) is 2.77. The van der Waals surface area contributed by atoms with E-state index in [4.69, 9.17) is 14.2 Å². The first-order valence-electron chi connectivity index (χ1n) is 8.34. The highest BCUT2D eigenvalue weighted by Gasteiger charge is 2.49. The predicted molar refractivity (Wildman–Crippen MR) is 90.7 cm³/mol. The smallest absolute Gasteiger partial charge is 0.413 e. The predicted octanol–water partition coefficient (Wildman–Crippen LogP) is 1.67. The summed E-state index contributed by atoms with van der Waals surface area (Å²) in [6.07, 6.45) is -0.644. The maximum absolute atomic E-state index is 12.7. The number of ether oxygens (including phenoxy) is 3.